The van der Waals surface area contributed by atoms with E-state index in [-0.39, 0.29) is 0 Å². The highest BCUT2D eigenvalue weighted by Crippen LogP contribution is 2.37. The zero-order valence-corrected chi connectivity index (χ0v) is 19.8. The molecular weight excluding hydrogens is 490 g/mol. The summed E-state index contributed by atoms with van der Waals surface area (Å²) in [7, 11) is 0. The van der Waals surface area contributed by atoms with Crippen molar-refractivity contribution in [3.63, 3.8) is 0 Å². The van der Waals surface area contributed by atoms with Crippen molar-refractivity contribution in [3.05, 3.63) is 87.4 Å². The zero-order chi connectivity index (χ0) is 22.3. The molecule has 2 heterocycles. The second kappa shape index (κ2) is 10.4. The molecule has 0 saturated carbocycles. The molecule has 164 valence electrons. The summed E-state index contributed by atoms with van der Waals surface area (Å²) in [5, 5.41) is 7.17. The molecule has 0 aliphatic carbocycles. The number of aromatic amines is 1. The van der Waals surface area contributed by atoms with Gasteiger partial charge in [-0.05, 0) is 70.5 Å². The number of nitrogens with one attached hydrogen (secondary N) is 2. The van der Waals surface area contributed by atoms with Gasteiger partial charge in [0.15, 0.2) is 17.3 Å². The first kappa shape index (κ1) is 22.0. The Balaban J connectivity index is 1.54. The monoisotopic (exact) mass is 511 g/mol. The van der Waals surface area contributed by atoms with Gasteiger partial charge in [-0.2, -0.15) is 5.10 Å². The number of hydrogen-bond donors (Lipinski definition) is 2. The third-order valence-corrected chi connectivity index (χ3v) is 5.51. The van der Waals surface area contributed by atoms with E-state index in [0.717, 1.165) is 21.2 Å². The summed E-state index contributed by atoms with van der Waals surface area (Å²) in [6.45, 7) is 3.44. The molecule has 32 heavy (non-hydrogen) atoms. The molecule has 7 nitrogen and oxygen atoms in total. The molecule has 0 amide bonds. The lowest BCUT2D eigenvalue weighted by molar-refractivity contribution is 0.267. The maximum atomic E-state index is 6.07. The van der Waals surface area contributed by atoms with Crippen LogP contribution in [0.3, 0.4) is 0 Å². The van der Waals surface area contributed by atoms with Crippen LogP contribution in [0.2, 0.25) is 0 Å². The van der Waals surface area contributed by atoms with E-state index in [1.165, 1.54) is 0 Å². The fourth-order valence-electron chi connectivity index (χ4n) is 3.16. The van der Waals surface area contributed by atoms with Gasteiger partial charge in [-0.25, -0.2) is 9.77 Å². The van der Waals surface area contributed by atoms with Crippen molar-refractivity contribution in [2.45, 2.75) is 20.1 Å². The number of pyridine rings is 1. The molecule has 4 rings (SSSR count). The smallest absolute Gasteiger partial charge is 0.214 e. The number of aromatic nitrogens is 4. The van der Waals surface area contributed by atoms with Crippen LogP contribution < -0.4 is 14.9 Å². The van der Waals surface area contributed by atoms with Gasteiger partial charge in [0.1, 0.15) is 6.61 Å². The molecule has 2 aromatic carbocycles. The van der Waals surface area contributed by atoms with Crippen LogP contribution in [-0.2, 0) is 13.2 Å². The van der Waals surface area contributed by atoms with Gasteiger partial charge < -0.3 is 14.9 Å². The molecule has 2 N–H and O–H groups in total. The molecule has 0 fully saturated rings. The van der Waals surface area contributed by atoms with Gasteiger partial charge in [0.25, 0.3) is 0 Å². The van der Waals surface area contributed by atoms with Gasteiger partial charge >= 0.3 is 0 Å². The summed E-state index contributed by atoms with van der Waals surface area (Å²) in [6.07, 6.45) is 3.44. The Morgan fingerprint density at radius 1 is 1.06 bits per heavy atom. The predicted molar refractivity (Wildman–Crippen MR) is 130 cm³/mol. The van der Waals surface area contributed by atoms with Crippen LogP contribution >= 0.6 is 28.1 Å². The highest BCUT2D eigenvalue weighted by Gasteiger charge is 2.14. The number of rotatable bonds is 9. The normalized spacial score (nSPS) is 10.7. The zero-order valence-electron chi connectivity index (χ0n) is 17.4. The Labute approximate surface area is 199 Å². The number of ether oxygens (including phenoxy) is 2. The number of benzene rings is 2. The SMILES string of the molecule is CCOc1cc(CNn2c(-c3ccncc3)n[nH]c2=S)cc(Br)c1OCc1ccccc1. The molecule has 0 saturated heterocycles. The Bertz CT molecular complexity index is 1230. The summed E-state index contributed by atoms with van der Waals surface area (Å²) in [6, 6.07) is 17.8. The average Bonchev–Trinajstić information content (AvgIpc) is 3.19. The standard InChI is InChI=1S/C23H22BrN5O2S/c1-2-30-20-13-17(12-19(24)21(20)31-15-16-6-4-3-5-7-16)14-26-29-22(27-28-23(29)32)18-8-10-25-11-9-18/h3-13,26H,2,14-15H2,1H3,(H,28,32). The summed E-state index contributed by atoms with van der Waals surface area (Å²) < 4.78 is 15.0. The largest absolute Gasteiger partial charge is 0.490 e. The van der Waals surface area contributed by atoms with Crippen molar-refractivity contribution >= 4 is 28.1 Å². The van der Waals surface area contributed by atoms with E-state index in [2.05, 4.69) is 36.5 Å². The van der Waals surface area contributed by atoms with Gasteiger partial charge in [0.2, 0.25) is 4.77 Å². The quantitative estimate of drug-likeness (QED) is 0.289. The fourth-order valence-corrected chi connectivity index (χ4v) is 3.97. The van der Waals surface area contributed by atoms with Crippen LogP contribution in [0, 0.1) is 4.77 Å². The van der Waals surface area contributed by atoms with Crippen LogP contribution in [0.4, 0.5) is 0 Å². The topological polar surface area (TPSA) is 77.0 Å². The van der Waals surface area contributed by atoms with Crippen molar-refractivity contribution in [1.82, 2.24) is 19.9 Å². The number of H-pyrrole nitrogens is 1. The van der Waals surface area contributed by atoms with Crippen molar-refractivity contribution < 1.29 is 9.47 Å². The summed E-state index contributed by atoms with van der Waals surface area (Å²) in [4.78, 5) is 4.06. The van der Waals surface area contributed by atoms with Crippen molar-refractivity contribution in [3.8, 4) is 22.9 Å². The highest BCUT2D eigenvalue weighted by molar-refractivity contribution is 9.10. The molecule has 0 bridgehead atoms. The molecule has 0 atom stereocenters. The molecule has 0 spiro atoms. The van der Waals surface area contributed by atoms with Gasteiger partial charge in [-0.15, -0.1) is 0 Å². The van der Waals surface area contributed by atoms with Crippen molar-refractivity contribution in [1.29, 1.82) is 0 Å². The summed E-state index contributed by atoms with van der Waals surface area (Å²) in [5.74, 6) is 2.04. The van der Waals surface area contributed by atoms with Gasteiger partial charge in [-0.1, -0.05) is 30.3 Å². The van der Waals surface area contributed by atoms with E-state index in [1.54, 1.807) is 17.1 Å². The number of halogens is 1. The Morgan fingerprint density at radius 2 is 1.84 bits per heavy atom. The van der Waals surface area contributed by atoms with Crippen LogP contribution in [0.25, 0.3) is 11.4 Å². The van der Waals surface area contributed by atoms with Crippen LogP contribution in [0.15, 0.2) is 71.5 Å². The minimum Gasteiger partial charge on any atom is -0.490 e. The van der Waals surface area contributed by atoms with Gasteiger partial charge in [-0.3, -0.25) is 4.98 Å². The van der Waals surface area contributed by atoms with Gasteiger partial charge in [0.05, 0.1) is 17.6 Å². The Kier molecular flexibility index (Phi) is 7.18. The third kappa shape index (κ3) is 5.17. The van der Waals surface area contributed by atoms with E-state index in [9.17, 15) is 0 Å². The van der Waals surface area contributed by atoms with Gasteiger partial charge in [0, 0.05) is 18.0 Å². The van der Waals surface area contributed by atoms with Crippen LogP contribution in [0.5, 0.6) is 11.5 Å². The molecule has 2 aromatic heterocycles. The second-order valence-electron chi connectivity index (χ2n) is 6.87. The highest BCUT2D eigenvalue weighted by atomic mass is 79.9. The average molecular weight is 512 g/mol. The summed E-state index contributed by atoms with van der Waals surface area (Å²) in [5.41, 5.74) is 6.32. The van der Waals surface area contributed by atoms with E-state index < -0.39 is 0 Å². The lowest BCUT2D eigenvalue weighted by atomic mass is 10.2. The Hall–Kier alpha value is -3.17. The molecule has 0 aliphatic rings. The minimum absolute atomic E-state index is 0.455. The lowest BCUT2D eigenvalue weighted by Gasteiger charge is -2.16. The van der Waals surface area contributed by atoms with Crippen LogP contribution in [-0.4, -0.2) is 26.5 Å². The maximum absolute atomic E-state index is 6.07. The minimum atomic E-state index is 0.455. The molecule has 9 heteroatoms. The predicted octanol–water partition coefficient (Wildman–Crippen LogP) is 5.49. The molecule has 0 radical (unpaired) electrons. The lowest BCUT2D eigenvalue weighted by Crippen LogP contribution is -2.16. The molecular formula is C23H22BrN5O2S. The van der Waals surface area contributed by atoms with Crippen molar-refractivity contribution in [2.24, 2.45) is 0 Å². The second-order valence-corrected chi connectivity index (χ2v) is 8.11. The Morgan fingerprint density at radius 3 is 2.59 bits per heavy atom. The first-order valence-corrected chi connectivity index (χ1v) is 11.3. The molecule has 0 unspecified atom stereocenters. The first-order chi connectivity index (χ1) is 15.7. The fraction of sp³-hybridized carbons (Fsp3) is 0.174. The van der Waals surface area contributed by atoms with Crippen LogP contribution in [0.1, 0.15) is 18.1 Å². The van der Waals surface area contributed by atoms with E-state index >= 15 is 0 Å². The molecule has 4 aromatic rings. The number of hydrogen-bond acceptors (Lipinski definition) is 6. The first-order valence-electron chi connectivity index (χ1n) is 10.1. The number of nitrogens with zero attached hydrogens (tertiary/aromatic N) is 3. The van der Waals surface area contributed by atoms with E-state index in [4.69, 9.17) is 21.7 Å². The third-order valence-electron chi connectivity index (χ3n) is 4.65. The van der Waals surface area contributed by atoms with Crippen molar-refractivity contribution in [2.75, 3.05) is 12.0 Å². The molecule has 0 aliphatic heterocycles. The van der Waals surface area contributed by atoms with E-state index in [1.807, 2.05) is 61.5 Å². The maximum Gasteiger partial charge on any atom is 0.214 e. The summed E-state index contributed by atoms with van der Waals surface area (Å²) >= 11 is 9.04. The van der Waals surface area contributed by atoms with E-state index in [0.29, 0.717) is 41.9 Å².